The van der Waals surface area contributed by atoms with Gasteiger partial charge in [-0.2, -0.15) is 0 Å². The molecule has 1 fully saturated rings. The highest BCUT2D eigenvalue weighted by Gasteiger charge is 2.24. The molecule has 1 aliphatic heterocycles. The molecule has 18 heavy (non-hydrogen) atoms. The molecule has 4 nitrogen and oxygen atoms in total. The summed E-state index contributed by atoms with van der Waals surface area (Å²) < 4.78 is 5.05. The summed E-state index contributed by atoms with van der Waals surface area (Å²) in [4.78, 5) is 14.1. The predicted molar refractivity (Wildman–Crippen MR) is 73.6 cm³/mol. The maximum absolute atomic E-state index is 11.6. The standard InChI is InChI=1S/C14H28N2O2/c1-4-6-12-7-9-16(11-12)10-8-13(15-3)14(17)18-5-2/h12-13,15H,4-11H2,1-3H3. The summed E-state index contributed by atoms with van der Waals surface area (Å²) in [5.74, 6) is 0.745. The highest BCUT2D eigenvalue weighted by Crippen LogP contribution is 2.20. The van der Waals surface area contributed by atoms with Gasteiger partial charge in [0, 0.05) is 13.1 Å². The average molecular weight is 256 g/mol. The van der Waals surface area contributed by atoms with Crippen LogP contribution in [0.4, 0.5) is 0 Å². The summed E-state index contributed by atoms with van der Waals surface area (Å²) in [6, 6.07) is -0.157. The van der Waals surface area contributed by atoms with E-state index in [1.807, 2.05) is 14.0 Å². The van der Waals surface area contributed by atoms with E-state index in [0.717, 1.165) is 18.9 Å². The number of esters is 1. The Bertz CT molecular complexity index is 246. The van der Waals surface area contributed by atoms with Crippen LogP contribution in [0.3, 0.4) is 0 Å². The first-order valence-corrected chi connectivity index (χ1v) is 7.27. The number of ether oxygens (including phenoxy) is 1. The second kappa shape index (κ2) is 8.48. The van der Waals surface area contributed by atoms with Gasteiger partial charge < -0.3 is 15.0 Å². The molecule has 0 aromatic carbocycles. The highest BCUT2D eigenvalue weighted by molar-refractivity contribution is 5.75. The van der Waals surface area contributed by atoms with Crippen LogP contribution in [0.2, 0.25) is 0 Å². The molecule has 0 amide bonds. The molecule has 0 aliphatic carbocycles. The maximum Gasteiger partial charge on any atom is 0.323 e. The fourth-order valence-corrected chi connectivity index (χ4v) is 2.69. The number of carbonyl (C=O) groups is 1. The van der Waals surface area contributed by atoms with Gasteiger partial charge >= 0.3 is 5.97 Å². The fraction of sp³-hybridized carbons (Fsp3) is 0.929. The molecule has 2 unspecified atom stereocenters. The van der Waals surface area contributed by atoms with E-state index in [1.165, 1.54) is 32.4 Å². The van der Waals surface area contributed by atoms with Crippen molar-refractivity contribution in [3.8, 4) is 0 Å². The Hall–Kier alpha value is -0.610. The Labute approximate surface area is 111 Å². The predicted octanol–water partition coefficient (Wildman–Crippen LogP) is 1.65. The van der Waals surface area contributed by atoms with E-state index >= 15 is 0 Å². The maximum atomic E-state index is 11.6. The number of nitrogens with one attached hydrogen (secondary N) is 1. The van der Waals surface area contributed by atoms with Gasteiger partial charge in [0.05, 0.1) is 6.61 Å². The number of hydrogen-bond acceptors (Lipinski definition) is 4. The van der Waals surface area contributed by atoms with Crippen molar-refractivity contribution in [3.05, 3.63) is 0 Å². The molecule has 106 valence electrons. The first-order valence-electron chi connectivity index (χ1n) is 7.27. The number of likely N-dealkylation sites (tertiary alicyclic amines) is 1. The van der Waals surface area contributed by atoms with Crippen LogP contribution in [0.5, 0.6) is 0 Å². The van der Waals surface area contributed by atoms with Crippen molar-refractivity contribution in [1.82, 2.24) is 10.2 Å². The molecule has 0 aromatic heterocycles. The smallest absolute Gasteiger partial charge is 0.323 e. The molecule has 0 radical (unpaired) electrons. The van der Waals surface area contributed by atoms with E-state index in [1.54, 1.807) is 0 Å². The molecule has 1 heterocycles. The second-order valence-electron chi connectivity index (χ2n) is 5.13. The largest absolute Gasteiger partial charge is 0.465 e. The van der Waals surface area contributed by atoms with E-state index in [4.69, 9.17) is 4.74 Å². The van der Waals surface area contributed by atoms with E-state index in [9.17, 15) is 4.79 Å². The van der Waals surface area contributed by atoms with Crippen LogP contribution in [0, 0.1) is 5.92 Å². The summed E-state index contributed by atoms with van der Waals surface area (Å²) in [6.45, 7) is 7.93. The second-order valence-corrected chi connectivity index (χ2v) is 5.13. The summed E-state index contributed by atoms with van der Waals surface area (Å²) >= 11 is 0. The Morgan fingerprint density at radius 2 is 2.28 bits per heavy atom. The van der Waals surface area contributed by atoms with Gasteiger partial charge in [-0.25, -0.2) is 0 Å². The third kappa shape index (κ3) is 4.94. The van der Waals surface area contributed by atoms with Crippen molar-refractivity contribution in [2.75, 3.05) is 33.3 Å². The van der Waals surface area contributed by atoms with Gasteiger partial charge in [0.2, 0.25) is 0 Å². The Kier molecular flexibility index (Phi) is 7.28. The van der Waals surface area contributed by atoms with Gasteiger partial charge in [0.1, 0.15) is 6.04 Å². The van der Waals surface area contributed by atoms with E-state index in [-0.39, 0.29) is 12.0 Å². The van der Waals surface area contributed by atoms with Crippen LogP contribution in [-0.4, -0.2) is 50.2 Å². The van der Waals surface area contributed by atoms with E-state index < -0.39 is 0 Å². The van der Waals surface area contributed by atoms with Gasteiger partial charge in [-0.3, -0.25) is 4.79 Å². The SMILES string of the molecule is CCCC1CCN(CCC(NC)C(=O)OCC)C1. The van der Waals surface area contributed by atoms with Crippen molar-refractivity contribution in [2.45, 2.75) is 45.6 Å². The van der Waals surface area contributed by atoms with Crippen molar-refractivity contribution >= 4 is 5.97 Å². The molecule has 0 bridgehead atoms. The molecule has 1 N–H and O–H groups in total. The van der Waals surface area contributed by atoms with Crippen molar-refractivity contribution in [1.29, 1.82) is 0 Å². The molecule has 0 spiro atoms. The molecule has 1 aliphatic rings. The lowest BCUT2D eigenvalue weighted by Crippen LogP contribution is -2.38. The zero-order valence-electron chi connectivity index (χ0n) is 12.1. The van der Waals surface area contributed by atoms with Crippen LogP contribution in [-0.2, 0) is 9.53 Å². The molecule has 0 saturated carbocycles. The topological polar surface area (TPSA) is 41.6 Å². The Morgan fingerprint density at radius 1 is 1.50 bits per heavy atom. The lowest BCUT2D eigenvalue weighted by atomic mass is 10.0. The zero-order valence-corrected chi connectivity index (χ0v) is 12.1. The third-order valence-corrected chi connectivity index (χ3v) is 3.72. The van der Waals surface area contributed by atoms with Crippen LogP contribution < -0.4 is 5.32 Å². The first-order chi connectivity index (χ1) is 8.71. The third-order valence-electron chi connectivity index (χ3n) is 3.72. The zero-order chi connectivity index (χ0) is 13.4. The van der Waals surface area contributed by atoms with E-state index in [2.05, 4.69) is 17.1 Å². The summed E-state index contributed by atoms with van der Waals surface area (Å²) in [5.41, 5.74) is 0. The van der Waals surface area contributed by atoms with Crippen LogP contribution in [0.1, 0.15) is 39.5 Å². The van der Waals surface area contributed by atoms with Crippen molar-refractivity contribution in [3.63, 3.8) is 0 Å². The number of nitrogens with zero attached hydrogens (tertiary/aromatic N) is 1. The minimum Gasteiger partial charge on any atom is -0.465 e. The lowest BCUT2D eigenvalue weighted by Gasteiger charge is -2.20. The number of rotatable bonds is 8. The van der Waals surface area contributed by atoms with Crippen molar-refractivity contribution in [2.24, 2.45) is 5.92 Å². The minimum absolute atomic E-state index is 0.121. The van der Waals surface area contributed by atoms with Crippen molar-refractivity contribution < 1.29 is 9.53 Å². The molecular formula is C14H28N2O2. The molecule has 0 aromatic rings. The Morgan fingerprint density at radius 3 is 2.89 bits per heavy atom. The molecular weight excluding hydrogens is 228 g/mol. The number of carbonyl (C=O) groups excluding carboxylic acids is 1. The van der Waals surface area contributed by atoms with Gasteiger partial charge in [-0.15, -0.1) is 0 Å². The Balaban J connectivity index is 2.25. The monoisotopic (exact) mass is 256 g/mol. The van der Waals surface area contributed by atoms with Crippen LogP contribution in [0.25, 0.3) is 0 Å². The summed E-state index contributed by atoms with van der Waals surface area (Å²) in [6.07, 6.45) is 4.77. The molecule has 1 rings (SSSR count). The summed E-state index contributed by atoms with van der Waals surface area (Å²) in [5, 5.41) is 3.05. The molecule has 2 atom stereocenters. The normalized spacial score (nSPS) is 22.1. The lowest BCUT2D eigenvalue weighted by molar-refractivity contribution is -0.145. The fourth-order valence-electron chi connectivity index (χ4n) is 2.69. The van der Waals surface area contributed by atoms with Gasteiger partial charge in [0.15, 0.2) is 0 Å². The molecule has 1 saturated heterocycles. The minimum atomic E-state index is -0.157. The number of hydrogen-bond donors (Lipinski definition) is 1. The van der Waals surface area contributed by atoms with Gasteiger partial charge in [-0.1, -0.05) is 13.3 Å². The first kappa shape index (κ1) is 15.4. The van der Waals surface area contributed by atoms with Crippen LogP contribution in [0.15, 0.2) is 0 Å². The van der Waals surface area contributed by atoms with Gasteiger partial charge in [0.25, 0.3) is 0 Å². The van der Waals surface area contributed by atoms with E-state index in [0.29, 0.717) is 6.61 Å². The van der Waals surface area contributed by atoms with Crippen LogP contribution >= 0.6 is 0 Å². The quantitative estimate of drug-likeness (QED) is 0.671. The molecule has 4 heteroatoms. The average Bonchev–Trinajstić information content (AvgIpc) is 2.78. The number of likely N-dealkylation sites (N-methyl/N-ethyl adjacent to an activating group) is 1. The summed E-state index contributed by atoms with van der Waals surface area (Å²) in [7, 11) is 1.82. The highest BCUT2D eigenvalue weighted by atomic mass is 16.5. The van der Waals surface area contributed by atoms with Gasteiger partial charge in [-0.05, 0) is 45.7 Å².